The lowest BCUT2D eigenvalue weighted by Crippen LogP contribution is -2.48. The van der Waals surface area contributed by atoms with Crippen LogP contribution in [0.3, 0.4) is 0 Å². The number of ether oxygens (including phenoxy) is 1. The van der Waals surface area contributed by atoms with Crippen LogP contribution in [-0.4, -0.2) is 23.5 Å². The number of halogens is 3. The van der Waals surface area contributed by atoms with Crippen molar-refractivity contribution in [2.24, 2.45) is 5.92 Å². The fourth-order valence-electron chi connectivity index (χ4n) is 3.58. The number of alkyl halides is 3. The molecule has 144 valence electrons. The summed E-state index contributed by atoms with van der Waals surface area (Å²) < 4.78 is 44.7. The van der Waals surface area contributed by atoms with Crippen LogP contribution in [-0.2, 0) is 17.8 Å². The normalized spacial score (nSPS) is 17.0. The van der Waals surface area contributed by atoms with E-state index in [1.165, 1.54) is 0 Å². The molecule has 0 spiro atoms. The summed E-state index contributed by atoms with van der Waals surface area (Å²) in [6.07, 6.45) is -4.48. The van der Waals surface area contributed by atoms with Crippen LogP contribution in [0.25, 0.3) is 0 Å². The largest absolute Gasteiger partial charge is 0.489 e. The Bertz CT molecular complexity index is 803. The highest BCUT2D eigenvalue weighted by atomic mass is 19.4. The second kappa shape index (κ2) is 7.62. The predicted molar refractivity (Wildman–Crippen MR) is 96.3 cm³/mol. The molecular weight excluding hydrogens is 355 g/mol. The predicted octanol–water partition coefficient (Wildman–Crippen LogP) is 4.91. The van der Waals surface area contributed by atoms with Crippen LogP contribution in [0.5, 0.6) is 5.75 Å². The van der Waals surface area contributed by atoms with Crippen LogP contribution in [0.1, 0.15) is 36.6 Å². The van der Waals surface area contributed by atoms with Crippen molar-refractivity contribution in [3.8, 4) is 5.75 Å². The Morgan fingerprint density at radius 1 is 1.19 bits per heavy atom. The van der Waals surface area contributed by atoms with Crippen molar-refractivity contribution in [3.63, 3.8) is 0 Å². The maximum atomic E-state index is 13.0. The standard InChI is InChI=1S/C21H22F3NO2/c1-14(2)19-18-9-8-17(27-13-15-6-4-3-5-7-15)12-16(18)10-11-25(19)20(26)21(22,23)24/h3-9,12,14,19H,10-11,13H2,1-2H3. The molecule has 0 radical (unpaired) electrons. The number of hydrogen-bond acceptors (Lipinski definition) is 2. The van der Waals surface area contributed by atoms with Gasteiger partial charge in [0.1, 0.15) is 12.4 Å². The zero-order valence-corrected chi connectivity index (χ0v) is 15.3. The first-order valence-corrected chi connectivity index (χ1v) is 8.94. The highest BCUT2D eigenvalue weighted by Gasteiger charge is 2.46. The van der Waals surface area contributed by atoms with E-state index in [0.717, 1.165) is 21.6 Å². The van der Waals surface area contributed by atoms with Gasteiger partial charge in [-0.15, -0.1) is 0 Å². The van der Waals surface area contributed by atoms with Crippen molar-refractivity contribution in [3.05, 3.63) is 65.2 Å². The number of amides is 1. The maximum Gasteiger partial charge on any atom is 0.471 e. The minimum absolute atomic E-state index is 0.0519. The van der Waals surface area contributed by atoms with Crippen LogP contribution in [0, 0.1) is 5.92 Å². The van der Waals surface area contributed by atoms with Crippen LogP contribution in [0.2, 0.25) is 0 Å². The van der Waals surface area contributed by atoms with Gasteiger partial charge in [0.15, 0.2) is 0 Å². The number of fused-ring (bicyclic) bond motifs is 1. The molecule has 0 fully saturated rings. The van der Waals surface area contributed by atoms with Crippen molar-refractivity contribution in [2.75, 3.05) is 6.54 Å². The summed E-state index contributed by atoms with van der Waals surface area (Å²) in [6, 6.07) is 14.6. The zero-order valence-electron chi connectivity index (χ0n) is 15.3. The molecule has 0 saturated heterocycles. The van der Waals surface area contributed by atoms with Gasteiger partial charge < -0.3 is 9.64 Å². The number of nitrogens with zero attached hydrogens (tertiary/aromatic N) is 1. The number of rotatable bonds is 4. The average molecular weight is 377 g/mol. The average Bonchev–Trinajstić information content (AvgIpc) is 2.64. The first kappa shape index (κ1) is 19.3. The topological polar surface area (TPSA) is 29.5 Å². The molecule has 2 aromatic rings. The Balaban J connectivity index is 1.82. The fraction of sp³-hybridized carbons (Fsp3) is 0.381. The van der Waals surface area contributed by atoms with Crippen molar-refractivity contribution in [1.29, 1.82) is 0 Å². The minimum Gasteiger partial charge on any atom is -0.489 e. The van der Waals surface area contributed by atoms with E-state index in [-0.39, 0.29) is 12.5 Å². The van der Waals surface area contributed by atoms with Gasteiger partial charge in [-0.05, 0) is 41.2 Å². The quantitative estimate of drug-likeness (QED) is 0.758. The smallest absolute Gasteiger partial charge is 0.471 e. The van der Waals surface area contributed by atoms with E-state index >= 15 is 0 Å². The van der Waals surface area contributed by atoms with Gasteiger partial charge in [-0.3, -0.25) is 4.79 Å². The monoisotopic (exact) mass is 377 g/mol. The number of benzene rings is 2. The Kier molecular flexibility index (Phi) is 5.44. The van der Waals surface area contributed by atoms with Gasteiger partial charge in [0.2, 0.25) is 0 Å². The molecule has 0 bridgehead atoms. The third kappa shape index (κ3) is 4.26. The summed E-state index contributed by atoms with van der Waals surface area (Å²) in [5, 5.41) is 0. The molecule has 3 rings (SSSR count). The zero-order chi connectivity index (χ0) is 19.6. The van der Waals surface area contributed by atoms with Gasteiger partial charge in [0, 0.05) is 6.54 Å². The van der Waals surface area contributed by atoms with Crippen LogP contribution < -0.4 is 4.74 Å². The highest BCUT2D eigenvalue weighted by molar-refractivity contribution is 5.82. The van der Waals surface area contributed by atoms with Gasteiger partial charge in [-0.2, -0.15) is 13.2 Å². The van der Waals surface area contributed by atoms with E-state index in [2.05, 4.69) is 0 Å². The second-order valence-electron chi connectivity index (χ2n) is 7.07. The number of hydrogen-bond donors (Lipinski definition) is 0. The summed E-state index contributed by atoms with van der Waals surface area (Å²) in [5.41, 5.74) is 2.74. The van der Waals surface area contributed by atoms with Crippen LogP contribution in [0.4, 0.5) is 13.2 Å². The summed E-state index contributed by atoms with van der Waals surface area (Å²) in [7, 11) is 0. The summed E-state index contributed by atoms with van der Waals surface area (Å²) in [5.74, 6) is -1.22. The van der Waals surface area contributed by atoms with Gasteiger partial charge in [-0.1, -0.05) is 50.2 Å². The number of carbonyl (C=O) groups excluding carboxylic acids is 1. The Morgan fingerprint density at radius 2 is 1.89 bits per heavy atom. The SMILES string of the molecule is CC(C)C1c2ccc(OCc3ccccc3)cc2CCN1C(=O)C(F)(F)F. The molecule has 6 heteroatoms. The molecule has 0 aromatic heterocycles. The van der Waals surface area contributed by atoms with Crippen molar-refractivity contribution >= 4 is 5.91 Å². The van der Waals surface area contributed by atoms with E-state index in [0.29, 0.717) is 18.8 Å². The molecule has 0 N–H and O–H groups in total. The summed E-state index contributed by atoms with van der Waals surface area (Å²) >= 11 is 0. The molecule has 1 heterocycles. The van der Waals surface area contributed by atoms with Gasteiger partial charge >= 0.3 is 12.1 Å². The molecule has 1 aliphatic rings. The molecule has 2 aromatic carbocycles. The lowest BCUT2D eigenvalue weighted by Gasteiger charge is -2.40. The lowest BCUT2D eigenvalue weighted by molar-refractivity contribution is -0.189. The van der Waals surface area contributed by atoms with E-state index in [1.807, 2.05) is 50.2 Å². The van der Waals surface area contributed by atoms with Gasteiger partial charge in [-0.25, -0.2) is 0 Å². The molecule has 1 amide bonds. The van der Waals surface area contributed by atoms with E-state index in [4.69, 9.17) is 4.74 Å². The van der Waals surface area contributed by atoms with E-state index in [9.17, 15) is 18.0 Å². The van der Waals surface area contributed by atoms with Crippen LogP contribution in [0.15, 0.2) is 48.5 Å². The van der Waals surface area contributed by atoms with Gasteiger partial charge in [0.05, 0.1) is 6.04 Å². The maximum absolute atomic E-state index is 13.0. The molecule has 1 unspecified atom stereocenters. The van der Waals surface area contributed by atoms with Crippen molar-refractivity contribution in [2.45, 2.75) is 39.1 Å². The lowest BCUT2D eigenvalue weighted by atomic mass is 9.86. The third-order valence-corrected chi connectivity index (χ3v) is 4.77. The molecular formula is C21H22F3NO2. The Morgan fingerprint density at radius 3 is 2.52 bits per heavy atom. The summed E-state index contributed by atoms with van der Waals surface area (Å²) in [4.78, 5) is 12.8. The minimum atomic E-state index is -4.86. The molecule has 1 atom stereocenters. The summed E-state index contributed by atoms with van der Waals surface area (Å²) in [6.45, 7) is 4.13. The fourth-order valence-corrected chi connectivity index (χ4v) is 3.58. The molecule has 27 heavy (non-hydrogen) atoms. The molecule has 3 nitrogen and oxygen atoms in total. The first-order chi connectivity index (χ1) is 12.8. The van der Waals surface area contributed by atoms with Gasteiger partial charge in [0.25, 0.3) is 0 Å². The van der Waals surface area contributed by atoms with E-state index in [1.54, 1.807) is 12.1 Å². The highest BCUT2D eigenvalue weighted by Crippen LogP contribution is 2.38. The molecule has 0 aliphatic carbocycles. The Labute approximate surface area is 156 Å². The van der Waals surface area contributed by atoms with Crippen molar-refractivity contribution < 1.29 is 22.7 Å². The Hall–Kier alpha value is -2.50. The number of carbonyl (C=O) groups is 1. The third-order valence-electron chi connectivity index (χ3n) is 4.77. The van der Waals surface area contributed by atoms with E-state index < -0.39 is 18.1 Å². The molecule has 0 saturated carbocycles. The molecule has 1 aliphatic heterocycles. The van der Waals surface area contributed by atoms with Crippen molar-refractivity contribution in [1.82, 2.24) is 4.90 Å². The second-order valence-corrected chi connectivity index (χ2v) is 7.07. The first-order valence-electron chi connectivity index (χ1n) is 8.94. The van der Waals surface area contributed by atoms with Crippen LogP contribution >= 0.6 is 0 Å².